The van der Waals surface area contributed by atoms with Crippen LogP contribution in [0.5, 0.6) is 0 Å². The van der Waals surface area contributed by atoms with Gasteiger partial charge >= 0.3 is 0 Å². The van der Waals surface area contributed by atoms with Crippen molar-refractivity contribution in [2.75, 3.05) is 0 Å². The van der Waals surface area contributed by atoms with Crippen molar-refractivity contribution in [1.82, 2.24) is 5.32 Å². The molecule has 0 atom stereocenters. The molecule has 0 spiro atoms. The maximum Gasteiger partial charge on any atom is 0.246 e. The molecule has 0 fully saturated rings. The van der Waals surface area contributed by atoms with Crippen molar-refractivity contribution >= 4 is 5.91 Å². The largest absolute Gasteiger partial charge is 0.351 e. The molecule has 43 valence electrons. The number of carbonyl (C=O) groups is 1. The number of carbonyl (C=O) groups excluding carboxylic acids is 1. The minimum atomic E-state index is -0.0312. The Morgan fingerprint density at radius 3 is 2.62 bits per heavy atom. The highest BCUT2D eigenvalue weighted by molar-refractivity contribution is 5.94. The number of nitrogens with one attached hydrogen (secondary N) is 1. The topological polar surface area (TPSA) is 29.1 Å². The van der Waals surface area contributed by atoms with Crippen molar-refractivity contribution in [3.8, 4) is 0 Å². The Labute approximate surface area is 48.6 Å². The van der Waals surface area contributed by atoms with Crippen molar-refractivity contribution in [3.05, 3.63) is 18.7 Å². The van der Waals surface area contributed by atoms with Crippen LogP contribution in [-0.2, 0) is 4.79 Å². The molecule has 0 aromatic rings. The molecule has 0 saturated heterocycles. The van der Waals surface area contributed by atoms with Crippen LogP contribution in [-0.4, -0.2) is 5.91 Å². The van der Waals surface area contributed by atoms with Gasteiger partial charge in [0.1, 0.15) is 0 Å². The first-order valence-electron chi connectivity index (χ1n) is 2.61. The molecule has 2 nitrogen and oxygen atoms in total. The first kappa shape index (κ1) is 5.35. The van der Waals surface area contributed by atoms with Crippen LogP contribution in [0.25, 0.3) is 0 Å². The third-order valence-corrected chi connectivity index (χ3v) is 1.26. The number of rotatable bonds is 1. The Hall–Kier alpha value is -0.790. The molecule has 1 aliphatic rings. The highest BCUT2D eigenvalue weighted by atomic mass is 16.1. The van der Waals surface area contributed by atoms with E-state index in [0.717, 1.165) is 18.4 Å². The number of allylic oxidation sites excluding steroid dienone is 1. The lowest BCUT2D eigenvalue weighted by molar-refractivity contribution is -0.117. The molecule has 1 rings (SSSR count). The minimum Gasteiger partial charge on any atom is -0.351 e. The second-order valence-corrected chi connectivity index (χ2v) is 1.77. The Bertz CT molecular complexity index is 137. The van der Waals surface area contributed by atoms with Crippen molar-refractivity contribution < 1.29 is 4.79 Å². The van der Waals surface area contributed by atoms with Gasteiger partial charge in [-0.25, -0.2) is 0 Å². The van der Waals surface area contributed by atoms with Crippen LogP contribution in [0.2, 0.25) is 0 Å². The van der Waals surface area contributed by atoms with E-state index < -0.39 is 0 Å². The van der Waals surface area contributed by atoms with Gasteiger partial charge in [-0.05, 0) is 12.8 Å². The Morgan fingerprint density at radius 1 is 1.88 bits per heavy atom. The van der Waals surface area contributed by atoms with Crippen LogP contribution in [0.1, 0.15) is 12.8 Å². The standard InChI is InChI=1S/C6H8NO/c1-7-6(8)5-3-2-4-5/h3H,1-2,4H2,(H,7,8). The van der Waals surface area contributed by atoms with Gasteiger partial charge in [0.2, 0.25) is 5.91 Å². The number of hydrogen-bond acceptors (Lipinski definition) is 1. The molecule has 2 heteroatoms. The summed E-state index contributed by atoms with van der Waals surface area (Å²) >= 11 is 0. The van der Waals surface area contributed by atoms with E-state index in [0.29, 0.717) is 0 Å². The van der Waals surface area contributed by atoms with E-state index in [4.69, 9.17) is 0 Å². The lowest BCUT2D eigenvalue weighted by atomic mass is 9.99. The molecule has 0 unspecified atom stereocenters. The average molecular weight is 110 g/mol. The quantitative estimate of drug-likeness (QED) is 0.526. The van der Waals surface area contributed by atoms with E-state index in [9.17, 15) is 4.79 Å². The Balaban J connectivity index is 2.47. The van der Waals surface area contributed by atoms with Crippen molar-refractivity contribution in [3.63, 3.8) is 0 Å². The summed E-state index contributed by atoms with van der Waals surface area (Å²) in [5.74, 6) is -0.0312. The normalized spacial score (nSPS) is 16.4. The third-order valence-electron chi connectivity index (χ3n) is 1.26. The van der Waals surface area contributed by atoms with Gasteiger partial charge in [-0.15, -0.1) is 0 Å². The Morgan fingerprint density at radius 2 is 2.50 bits per heavy atom. The molecule has 1 radical (unpaired) electrons. The summed E-state index contributed by atoms with van der Waals surface area (Å²) in [6, 6.07) is 0. The zero-order valence-electron chi connectivity index (χ0n) is 4.61. The fourth-order valence-corrected chi connectivity index (χ4v) is 0.608. The van der Waals surface area contributed by atoms with E-state index >= 15 is 0 Å². The zero-order valence-corrected chi connectivity index (χ0v) is 4.61. The SMILES string of the molecule is [CH2]NC(=O)C1=CCC1. The molecule has 1 N–H and O–H groups in total. The monoisotopic (exact) mass is 110 g/mol. The maximum atomic E-state index is 10.6. The van der Waals surface area contributed by atoms with Crippen LogP contribution in [0.15, 0.2) is 11.6 Å². The van der Waals surface area contributed by atoms with Crippen LogP contribution < -0.4 is 5.32 Å². The van der Waals surface area contributed by atoms with Crippen LogP contribution in [0.3, 0.4) is 0 Å². The molecular formula is C6H8NO. The summed E-state index contributed by atoms with van der Waals surface area (Å²) in [6.07, 6.45) is 3.88. The molecule has 0 aromatic carbocycles. The van der Waals surface area contributed by atoms with Crippen molar-refractivity contribution in [2.24, 2.45) is 0 Å². The summed E-state index contributed by atoms with van der Waals surface area (Å²) < 4.78 is 0. The van der Waals surface area contributed by atoms with Gasteiger partial charge in [0.15, 0.2) is 0 Å². The highest BCUT2D eigenvalue weighted by Gasteiger charge is 2.11. The van der Waals surface area contributed by atoms with E-state index in [1.165, 1.54) is 0 Å². The van der Waals surface area contributed by atoms with Gasteiger partial charge < -0.3 is 5.32 Å². The lowest BCUT2D eigenvalue weighted by Gasteiger charge is -2.10. The summed E-state index contributed by atoms with van der Waals surface area (Å²) in [4.78, 5) is 10.6. The molecule has 0 aromatic heterocycles. The molecule has 0 saturated carbocycles. The average Bonchev–Trinajstić information content (AvgIpc) is 1.62. The molecule has 0 heterocycles. The highest BCUT2D eigenvalue weighted by Crippen LogP contribution is 2.16. The molecule has 8 heavy (non-hydrogen) atoms. The molecular weight excluding hydrogens is 102 g/mol. The molecule has 1 amide bonds. The smallest absolute Gasteiger partial charge is 0.246 e. The predicted octanol–water partition coefficient (Wildman–Crippen LogP) is 0.614. The van der Waals surface area contributed by atoms with Gasteiger partial charge in [-0.1, -0.05) is 6.08 Å². The molecule has 1 aliphatic carbocycles. The fraction of sp³-hybridized carbons (Fsp3) is 0.333. The van der Waals surface area contributed by atoms with Gasteiger partial charge in [0.25, 0.3) is 0 Å². The van der Waals surface area contributed by atoms with Gasteiger partial charge in [0.05, 0.1) is 0 Å². The second-order valence-electron chi connectivity index (χ2n) is 1.77. The maximum absolute atomic E-state index is 10.6. The second kappa shape index (κ2) is 1.99. The summed E-state index contributed by atoms with van der Waals surface area (Å²) in [6.45, 7) is 0. The van der Waals surface area contributed by atoms with E-state index in [1.54, 1.807) is 0 Å². The molecule has 0 aliphatic heterocycles. The van der Waals surface area contributed by atoms with Crippen LogP contribution in [0.4, 0.5) is 0 Å². The predicted molar refractivity (Wildman–Crippen MR) is 30.8 cm³/mol. The minimum absolute atomic E-state index is 0.0312. The zero-order chi connectivity index (χ0) is 5.98. The van der Waals surface area contributed by atoms with Gasteiger partial charge in [-0.3, -0.25) is 4.79 Å². The van der Waals surface area contributed by atoms with Crippen LogP contribution >= 0.6 is 0 Å². The van der Waals surface area contributed by atoms with Crippen molar-refractivity contribution in [2.45, 2.75) is 12.8 Å². The first-order valence-corrected chi connectivity index (χ1v) is 2.61. The first-order chi connectivity index (χ1) is 3.84. The van der Waals surface area contributed by atoms with Crippen molar-refractivity contribution in [1.29, 1.82) is 0 Å². The van der Waals surface area contributed by atoms with E-state index in [1.807, 2.05) is 6.08 Å². The lowest BCUT2D eigenvalue weighted by Crippen LogP contribution is -2.20. The fourth-order valence-electron chi connectivity index (χ4n) is 0.608. The van der Waals surface area contributed by atoms with E-state index in [-0.39, 0.29) is 5.91 Å². The molecule has 0 bridgehead atoms. The summed E-state index contributed by atoms with van der Waals surface area (Å²) in [5, 5.41) is 2.31. The van der Waals surface area contributed by atoms with Crippen LogP contribution in [0, 0.1) is 7.05 Å². The Kier molecular flexibility index (Phi) is 1.33. The van der Waals surface area contributed by atoms with Gasteiger partial charge in [0, 0.05) is 12.6 Å². The number of hydrogen-bond donors (Lipinski definition) is 1. The summed E-state index contributed by atoms with van der Waals surface area (Å²) in [7, 11) is 3.25. The van der Waals surface area contributed by atoms with E-state index in [2.05, 4.69) is 12.4 Å². The summed E-state index contributed by atoms with van der Waals surface area (Å²) in [5.41, 5.74) is 0.875. The third kappa shape index (κ3) is 0.735. The number of amides is 1. The van der Waals surface area contributed by atoms with Gasteiger partial charge in [-0.2, -0.15) is 0 Å².